The molecule has 0 saturated carbocycles. The summed E-state index contributed by atoms with van der Waals surface area (Å²) >= 11 is 0. The molecule has 2 saturated heterocycles. The van der Waals surface area contributed by atoms with Crippen LogP contribution in [0.25, 0.3) is 0 Å². The van der Waals surface area contributed by atoms with Gasteiger partial charge in [0.05, 0.1) is 5.56 Å². The smallest absolute Gasteiger partial charge is 0.257 e. The predicted molar refractivity (Wildman–Crippen MR) is 62.2 cm³/mol. The van der Waals surface area contributed by atoms with Gasteiger partial charge in [-0.1, -0.05) is 6.07 Å². The zero-order valence-corrected chi connectivity index (χ0v) is 9.83. The number of nitrogens with zero attached hydrogens (tertiary/aromatic N) is 1. The van der Waals surface area contributed by atoms with Crippen molar-refractivity contribution in [3.8, 4) is 0 Å². The standard InChI is InChI=1S/C13H14F2N2O/c14-10-3-1-2-9(12(10)15)13(18)17-5-4-8-6-16-7-11(8)17/h1-3,8,11,16H,4-7H2/t8-,11+/m0/s1. The molecule has 3 nitrogen and oxygen atoms in total. The molecule has 0 unspecified atom stereocenters. The quantitative estimate of drug-likeness (QED) is 0.819. The number of carbonyl (C=O) groups excluding carboxylic acids is 1. The van der Waals surface area contributed by atoms with E-state index in [2.05, 4.69) is 5.32 Å². The van der Waals surface area contributed by atoms with Gasteiger partial charge in [0.2, 0.25) is 0 Å². The highest BCUT2D eigenvalue weighted by molar-refractivity contribution is 5.95. The second-order valence-corrected chi connectivity index (χ2v) is 4.87. The zero-order valence-electron chi connectivity index (χ0n) is 9.83. The van der Waals surface area contributed by atoms with Crippen molar-refractivity contribution >= 4 is 5.91 Å². The Morgan fingerprint density at radius 2 is 2.17 bits per heavy atom. The molecule has 1 aromatic rings. The maximum atomic E-state index is 13.6. The molecule has 1 aromatic carbocycles. The lowest BCUT2D eigenvalue weighted by molar-refractivity contribution is 0.0731. The van der Waals surface area contributed by atoms with Crippen molar-refractivity contribution < 1.29 is 13.6 Å². The summed E-state index contributed by atoms with van der Waals surface area (Å²) in [6, 6.07) is 3.86. The van der Waals surface area contributed by atoms with Gasteiger partial charge in [-0.15, -0.1) is 0 Å². The molecule has 2 heterocycles. The van der Waals surface area contributed by atoms with Crippen molar-refractivity contribution in [3.05, 3.63) is 35.4 Å². The third-order valence-electron chi connectivity index (χ3n) is 3.89. The summed E-state index contributed by atoms with van der Waals surface area (Å²) in [5, 5.41) is 3.22. The molecule has 2 atom stereocenters. The van der Waals surface area contributed by atoms with Crippen LogP contribution in [-0.4, -0.2) is 36.5 Å². The number of carbonyl (C=O) groups is 1. The number of rotatable bonds is 1. The van der Waals surface area contributed by atoms with E-state index < -0.39 is 17.5 Å². The van der Waals surface area contributed by atoms with E-state index in [1.165, 1.54) is 12.1 Å². The van der Waals surface area contributed by atoms with Crippen LogP contribution in [0.15, 0.2) is 18.2 Å². The van der Waals surface area contributed by atoms with Gasteiger partial charge in [-0.2, -0.15) is 0 Å². The minimum absolute atomic E-state index is 0.125. The number of benzene rings is 1. The lowest BCUT2D eigenvalue weighted by atomic mass is 10.0. The second-order valence-electron chi connectivity index (χ2n) is 4.87. The van der Waals surface area contributed by atoms with E-state index in [4.69, 9.17) is 0 Å². The molecule has 0 spiro atoms. The van der Waals surface area contributed by atoms with Crippen LogP contribution in [-0.2, 0) is 0 Å². The predicted octanol–water partition coefficient (Wildman–Crippen LogP) is 1.40. The summed E-state index contributed by atoms with van der Waals surface area (Å²) in [7, 11) is 0. The molecule has 0 aliphatic carbocycles. The summed E-state index contributed by atoms with van der Waals surface area (Å²) < 4.78 is 26.7. The molecule has 0 radical (unpaired) electrons. The lowest BCUT2D eigenvalue weighted by Crippen LogP contribution is -2.39. The van der Waals surface area contributed by atoms with E-state index in [1.807, 2.05) is 0 Å². The van der Waals surface area contributed by atoms with Gasteiger partial charge < -0.3 is 10.2 Å². The molecule has 1 N–H and O–H groups in total. The van der Waals surface area contributed by atoms with Crippen molar-refractivity contribution in [2.24, 2.45) is 5.92 Å². The van der Waals surface area contributed by atoms with Crippen molar-refractivity contribution in [3.63, 3.8) is 0 Å². The fourth-order valence-corrected chi connectivity index (χ4v) is 2.93. The molecule has 5 heteroatoms. The lowest BCUT2D eigenvalue weighted by Gasteiger charge is -2.23. The Hall–Kier alpha value is -1.49. The molecule has 2 fully saturated rings. The van der Waals surface area contributed by atoms with Gasteiger partial charge in [0.1, 0.15) is 0 Å². The first-order valence-electron chi connectivity index (χ1n) is 6.14. The third kappa shape index (κ3) is 1.70. The number of likely N-dealkylation sites (tertiary alicyclic amines) is 1. The van der Waals surface area contributed by atoms with Crippen molar-refractivity contribution in [1.82, 2.24) is 10.2 Å². The maximum absolute atomic E-state index is 13.6. The highest BCUT2D eigenvalue weighted by Gasteiger charge is 2.40. The largest absolute Gasteiger partial charge is 0.334 e. The van der Waals surface area contributed by atoms with Crippen LogP contribution in [0.2, 0.25) is 0 Å². The van der Waals surface area contributed by atoms with Crippen LogP contribution in [0, 0.1) is 17.6 Å². The SMILES string of the molecule is O=C(c1cccc(F)c1F)N1CC[C@H]2CNC[C@H]21. The van der Waals surface area contributed by atoms with E-state index in [-0.39, 0.29) is 11.6 Å². The first-order valence-corrected chi connectivity index (χ1v) is 6.14. The van der Waals surface area contributed by atoms with Crippen molar-refractivity contribution in [2.45, 2.75) is 12.5 Å². The molecule has 0 bridgehead atoms. The van der Waals surface area contributed by atoms with Gasteiger partial charge >= 0.3 is 0 Å². The van der Waals surface area contributed by atoms with Crippen LogP contribution < -0.4 is 5.32 Å². The summed E-state index contributed by atoms with van der Waals surface area (Å²) in [5.74, 6) is -1.97. The Labute approximate surface area is 104 Å². The van der Waals surface area contributed by atoms with Gasteiger partial charge in [0.15, 0.2) is 11.6 Å². The number of amides is 1. The molecule has 0 aromatic heterocycles. The van der Waals surface area contributed by atoms with Crippen molar-refractivity contribution in [1.29, 1.82) is 0 Å². The first-order chi connectivity index (χ1) is 8.68. The van der Waals surface area contributed by atoms with Gasteiger partial charge in [0.25, 0.3) is 5.91 Å². The Balaban J connectivity index is 1.88. The average molecular weight is 252 g/mol. The molecule has 1 amide bonds. The molecule has 18 heavy (non-hydrogen) atoms. The van der Waals surface area contributed by atoms with Crippen molar-refractivity contribution in [2.75, 3.05) is 19.6 Å². The highest BCUT2D eigenvalue weighted by Crippen LogP contribution is 2.29. The average Bonchev–Trinajstić information content (AvgIpc) is 2.94. The first kappa shape index (κ1) is 11.6. The Bertz CT molecular complexity index is 492. The van der Waals surface area contributed by atoms with E-state index in [0.717, 1.165) is 25.6 Å². The molecule has 2 aliphatic rings. The van der Waals surface area contributed by atoms with E-state index in [0.29, 0.717) is 12.5 Å². The van der Waals surface area contributed by atoms with Crippen LogP contribution in [0.4, 0.5) is 8.78 Å². The van der Waals surface area contributed by atoms with E-state index in [9.17, 15) is 13.6 Å². The molecular formula is C13H14F2N2O. The minimum atomic E-state index is -1.04. The number of hydrogen-bond acceptors (Lipinski definition) is 2. The molecule has 96 valence electrons. The summed E-state index contributed by atoms with van der Waals surface area (Å²) in [6.07, 6.45) is 0.931. The number of halogens is 2. The zero-order chi connectivity index (χ0) is 12.7. The summed E-state index contributed by atoms with van der Waals surface area (Å²) in [5.41, 5.74) is -0.164. The van der Waals surface area contributed by atoms with Crippen LogP contribution in [0.3, 0.4) is 0 Å². The fraction of sp³-hybridized carbons (Fsp3) is 0.462. The van der Waals surface area contributed by atoms with E-state index >= 15 is 0 Å². The van der Waals surface area contributed by atoms with Crippen LogP contribution in [0.1, 0.15) is 16.8 Å². The summed E-state index contributed by atoms with van der Waals surface area (Å²) in [6.45, 7) is 2.28. The second kappa shape index (κ2) is 4.31. The number of fused-ring (bicyclic) bond motifs is 1. The van der Waals surface area contributed by atoms with Gasteiger partial charge in [-0.05, 0) is 24.5 Å². The molecule has 3 rings (SSSR count). The molecule has 2 aliphatic heterocycles. The number of hydrogen-bond donors (Lipinski definition) is 1. The van der Waals surface area contributed by atoms with Gasteiger partial charge in [0, 0.05) is 25.7 Å². The van der Waals surface area contributed by atoms with E-state index in [1.54, 1.807) is 4.90 Å². The van der Waals surface area contributed by atoms with Gasteiger partial charge in [-0.25, -0.2) is 8.78 Å². The van der Waals surface area contributed by atoms with Crippen LogP contribution >= 0.6 is 0 Å². The fourth-order valence-electron chi connectivity index (χ4n) is 2.93. The Kier molecular flexibility index (Phi) is 2.78. The Morgan fingerprint density at radius 1 is 1.33 bits per heavy atom. The topological polar surface area (TPSA) is 32.3 Å². The number of nitrogens with one attached hydrogen (secondary N) is 1. The highest BCUT2D eigenvalue weighted by atomic mass is 19.2. The van der Waals surface area contributed by atoms with Gasteiger partial charge in [-0.3, -0.25) is 4.79 Å². The normalized spacial score (nSPS) is 26.4. The third-order valence-corrected chi connectivity index (χ3v) is 3.89. The monoisotopic (exact) mass is 252 g/mol. The van der Waals surface area contributed by atoms with Crippen LogP contribution in [0.5, 0.6) is 0 Å². The maximum Gasteiger partial charge on any atom is 0.257 e. The summed E-state index contributed by atoms with van der Waals surface area (Å²) in [4.78, 5) is 13.9. The Morgan fingerprint density at radius 3 is 3.00 bits per heavy atom. The minimum Gasteiger partial charge on any atom is -0.334 e. The molecular weight excluding hydrogens is 238 g/mol.